The van der Waals surface area contributed by atoms with Crippen LogP contribution in [0, 0.1) is 11.8 Å². The fourth-order valence-electron chi connectivity index (χ4n) is 4.01. The highest BCUT2D eigenvalue weighted by atomic mass is 19.4. The molecule has 2 atom stereocenters. The van der Waals surface area contributed by atoms with Crippen molar-refractivity contribution in [1.29, 1.82) is 0 Å². The summed E-state index contributed by atoms with van der Waals surface area (Å²) in [5.74, 6) is 0.756. The van der Waals surface area contributed by atoms with Crippen molar-refractivity contribution in [3.05, 3.63) is 36.0 Å². The molecule has 1 N–H and O–H groups in total. The van der Waals surface area contributed by atoms with Gasteiger partial charge in [0.2, 0.25) is 5.91 Å². The molecule has 0 bridgehead atoms. The minimum atomic E-state index is -4.43. The number of carbonyl (C=O) groups excluding carboxylic acids is 1. The molecule has 146 valence electrons. The van der Waals surface area contributed by atoms with E-state index in [0.29, 0.717) is 23.6 Å². The lowest BCUT2D eigenvalue weighted by Crippen LogP contribution is -2.40. The van der Waals surface area contributed by atoms with Crippen molar-refractivity contribution in [1.82, 2.24) is 10.3 Å². The molecule has 0 radical (unpaired) electrons. The second-order valence-electron chi connectivity index (χ2n) is 7.35. The van der Waals surface area contributed by atoms with Gasteiger partial charge in [0.1, 0.15) is 0 Å². The molecule has 1 amide bonds. The van der Waals surface area contributed by atoms with E-state index < -0.39 is 11.7 Å². The number of halogens is 3. The third kappa shape index (κ3) is 4.34. The van der Waals surface area contributed by atoms with E-state index in [9.17, 15) is 18.0 Å². The summed E-state index contributed by atoms with van der Waals surface area (Å²) in [7, 11) is 1.62. The van der Waals surface area contributed by atoms with Crippen LogP contribution in [0.2, 0.25) is 0 Å². The van der Waals surface area contributed by atoms with Crippen molar-refractivity contribution >= 4 is 22.5 Å². The fourth-order valence-corrected chi connectivity index (χ4v) is 4.01. The SMILES string of the molecule is CNC(=O)CC[C@@H]1C[C@H](C)CN(c2ccc(C(F)(F)F)c3ncccc23)C1. The first kappa shape index (κ1) is 19.5. The first-order valence-electron chi connectivity index (χ1n) is 9.20. The molecule has 0 saturated carbocycles. The highest BCUT2D eigenvalue weighted by Gasteiger charge is 2.34. The number of hydrogen-bond donors (Lipinski definition) is 1. The maximum Gasteiger partial charge on any atom is 0.418 e. The first-order chi connectivity index (χ1) is 12.8. The number of carbonyl (C=O) groups is 1. The minimum absolute atomic E-state index is 0.0114. The van der Waals surface area contributed by atoms with Gasteiger partial charge in [-0.25, -0.2) is 0 Å². The smallest absolute Gasteiger partial charge is 0.370 e. The van der Waals surface area contributed by atoms with Gasteiger partial charge in [0, 0.05) is 43.8 Å². The lowest BCUT2D eigenvalue weighted by Gasteiger charge is -2.38. The van der Waals surface area contributed by atoms with Crippen LogP contribution in [0.5, 0.6) is 0 Å². The van der Waals surface area contributed by atoms with Gasteiger partial charge in [0.15, 0.2) is 0 Å². The molecule has 1 fully saturated rings. The van der Waals surface area contributed by atoms with Crippen LogP contribution in [0.1, 0.15) is 31.7 Å². The number of pyridine rings is 1. The van der Waals surface area contributed by atoms with E-state index in [1.54, 1.807) is 25.2 Å². The molecular weight excluding hydrogens is 355 g/mol. The van der Waals surface area contributed by atoms with E-state index in [-0.39, 0.29) is 11.4 Å². The van der Waals surface area contributed by atoms with Crippen LogP contribution in [-0.2, 0) is 11.0 Å². The third-order valence-corrected chi connectivity index (χ3v) is 5.20. The second kappa shape index (κ2) is 7.74. The molecule has 0 unspecified atom stereocenters. The van der Waals surface area contributed by atoms with Gasteiger partial charge in [-0.1, -0.05) is 6.92 Å². The summed E-state index contributed by atoms with van der Waals surface area (Å²) in [5.41, 5.74) is 0.0632. The van der Waals surface area contributed by atoms with E-state index in [4.69, 9.17) is 0 Å². The Morgan fingerprint density at radius 3 is 2.78 bits per heavy atom. The summed E-state index contributed by atoms with van der Waals surface area (Å²) >= 11 is 0. The molecule has 27 heavy (non-hydrogen) atoms. The number of rotatable bonds is 4. The van der Waals surface area contributed by atoms with Gasteiger partial charge in [-0.05, 0) is 48.9 Å². The summed E-state index contributed by atoms with van der Waals surface area (Å²) in [6, 6.07) is 6.05. The molecule has 2 aromatic rings. The van der Waals surface area contributed by atoms with Gasteiger partial charge >= 0.3 is 6.18 Å². The lowest BCUT2D eigenvalue weighted by molar-refractivity contribution is -0.136. The number of anilines is 1. The zero-order valence-electron chi connectivity index (χ0n) is 15.5. The van der Waals surface area contributed by atoms with Crippen molar-refractivity contribution in [3.63, 3.8) is 0 Å². The fraction of sp³-hybridized carbons (Fsp3) is 0.500. The topological polar surface area (TPSA) is 45.2 Å². The number of hydrogen-bond acceptors (Lipinski definition) is 3. The Hall–Kier alpha value is -2.31. The first-order valence-corrected chi connectivity index (χ1v) is 9.20. The van der Waals surface area contributed by atoms with Crippen LogP contribution in [0.15, 0.2) is 30.5 Å². The predicted molar refractivity (Wildman–Crippen MR) is 99.5 cm³/mol. The van der Waals surface area contributed by atoms with Crippen molar-refractivity contribution in [2.24, 2.45) is 11.8 Å². The number of aromatic nitrogens is 1. The van der Waals surface area contributed by atoms with Gasteiger partial charge in [0.25, 0.3) is 0 Å². The molecule has 1 saturated heterocycles. The lowest BCUT2D eigenvalue weighted by atomic mass is 9.86. The molecule has 1 aromatic heterocycles. The van der Waals surface area contributed by atoms with E-state index in [2.05, 4.69) is 22.1 Å². The second-order valence-corrected chi connectivity index (χ2v) is 7.35. The van der Waals surface area contributed by atoms with Crippen molar-refractivity contribution in [2.45, 2.75) is 32.4 Å². The molecule has 3 rings (SSSR count). The number of alkyl halides is 3. The number of piperidine rings is 1. The summed E-state index contributed by atoms with van der Waals surface area (Å²) in [4.78, 5) is 17.7. The molecule has 0 aliphatic carbocycles. The zero-order chi connectivity index (χ0) is 19.6. The zero-order valence-corrected chi connectivity index (χ0v) is 15.5. The van der Waals surface area contributed by atoms with Gasteiger partial charge < -0.3 is 10.2 Å². The van der Waals surface area contributed by atoms with Crippen LogP contribution >= 0.6 is 0 Å². The summed E-state index contributed by atoms with van der Waals surface area (Å²) < 4.78 is 40.0. The van der Waals surface area contributed by atoms with E-state index in [1.165, 1.54) is 6.20 Å². The van der Waals surface area contributed by atoms with Gasteiger partial charge in [-0.15, -0.1) is 0 Å². The molecule has 4 nitrogen and oxygen atoms in total. The summed E-state index contributed by atoms with van der Waals surface area (Å²) in [6.07, 6.45) is -0.776. The number of nitrogens with one attached hydrogen (secondary N) is 1. The molecule has 0 spiro atoms. The average molecular weight is 379 g/mol. The molecule has 2 heterocycles. The van der Waals surface area contributed by atoms with Crippen molar-refractivity contribution < 1.29 is 18.0 Å². The van der Waals surface area contributed by atoms with Crippen LogP contribution in [0.25, 0.3) is 10.9 Å². The van der Waals surface area contributed by atoms with Crippen LogP contribution in [-0.4, -0.2) is 31.0 Å². The third-order valence-electron chi connectivity index (χ3n) is 5.20. The van der Waals surface area contributed by atoms with Gasteiger partial charge in [-0.2, -0.15) is 13.2 Å². The Kier molecular flexibility index (Phi) is 5.58. The maximum atomic E-state index is 13.3. The maximum absolute atomic E-state index is 13.3. The van der Waals surface area contributed by atoms with Crippen LogP contribution in [0.4, 0.5) is 18.9 Å². The van der Waals surface area contributed by atoms with Gasteiger partial charge in [0.05, 0.1) is 11.1 Å². The Morgan fingerprint density at radius 1 is 1.30 bits per heavy atom. The number of nitrogens with zero attached hydrogens (tertiary/aromatic N) is 2. The Labute approximate surface area is 156 Å². The van der Waals surface area contributed by atoms with E-state index in [0.717, 1.165) is 37.7 Å². The quantitative estimate of drug-likeness (QED) is 0.864. The Bertz CT molecular complexity index is 822. The molecule has 1 aliphatic heterocycles. The average Bonchev–Trinajstić information content (AvgIpc) is 2.63. The van der Waals surface area contributed by atoms with Gasteiger partial charge in [-0.3, -0.25) is 9.78 Å². The summed E-state index contributed by atoms with van der Waals surface area (Å²) in [5, 5.41) is 3.16. The predicted octanol–water partition coefficient (Wildman–Crippen LogP) is 4.24. The standard InChI is InChI=1S/C20H24F3N3O/c1-13-10-14(5-8-18(27)24-2)12-26(11-13)17-7-6-16(20(21,22)23)19-15(17)4-3-9-25-19/h3-4,6-7,9,13-14H,5,8,10-12H2,1-2H3,(H,24,27)/t13-,14+/m0/s1. The van der Waals surface area contributed by atoms with Crippen molar-refractivity contribution in [2.75, 3.05) is 25.0 Å². The molecular formula is C20H24F3N3O. The number of amides is 1. The Balaban J connectivity index is 1.91. The highest BCUT2D eigenvalue weighted by molar-refractivity contribution is 5.94. The highest BCUT2D eigenvalue weighted by Crippen LogP contribution is 2.39. The number of fused-ring (bicyclic) bond motifs is 1. The van der Waals surface area contributed by atoms with Crippen LogP contribution in [0.3, 0.4) is 0 Å². The molecule has 1 aromatic carbocycles. The van der Waals surface area contributed by atoms with Crippen LogP contribution < -0.4 is 10.2 Å². The molecule has 1 aliphatic rings. The largest absolute Gasteiger partial charge is 0.418 e. The van der Waals surface area contributed by atoms with E-state index in [1.807, 2.05) is 0 Å². The minimum Gasteiger partial charge on any atom is -0.370 e. The monoisotopic (exact) mass is 379 g/mol. The van der Waals surface area contributed by atoms with E-state index >= 15 is 0 Å². The van der Waals surface area contributed by atoms with Crippen molar-refractivity contribution in [3.8, 4) is 0 Å². The number of benzene rings is 1. The summed E-state index contributed by atoms with van der Waals surface area (Å²) in [6.45, 7) is 3.66. The Morgan fingerprint density at radius 2 is 2.07 bits per heavy atom. The molecule has 7 heteroatoms. The normalized spacial score (nSPS) is 20.7.